The Bertz CT molecular complexity index is 761. The number of unbranched alkanes of at least 4 members (excludes halogenated alkanes) is 2. The molecule has 0 amide bonds. The molecular formula is C16H20N2O4. The van der Waals surface area contributed by atoms with E-state index in [0.717, 1.165) is 6.42 Å². The number of ether oxygens (including phenoxy) is 1. The molecule has 22 heavy (non-hydrogen) atoms. The van der Waals surface area contributed by atoms with E-state index in [1.807, 2.05) is 0 Å². The fraction of sp³-hybridized carbons (Fsp3) is 0.438. The van der Waals surface area contributed by atoms with Gasteiger partial charge in [0.2, 0.25) is 0 Å². The number of benzene rings is 1. The fourth-order valence-electron chi connectivity index (χ4n) is 2.35. The van der Waals surface area contributed by atoms with E-state index in [1.165, 1.54) is 4.57 Å². The van der Waals surface area contributed by atoms with E-state index >= 15 is 0 Å². The van der Waals surface area contributed by atoms with Crippen LogP contribution in [-0.4, -0.2) is 22.1 Å². The van der Waals surface area contributed by atoms with Gasteiger partial charge in [-0.05, 0) is 31.9 Å². The van der Waals surface area contributed by atoms with Gasteiger partial charge in [-0.3, -0.25) is 14.2 Å². The van der Waals surface area contributed by atoms with Crippen LogP contribution in [-0.2, 0) is 16.1 Å². The molecule has 0 fully saturated rings. The maximum Gasteiger partial charge on any atom is 0.328 e. The number of carbonyl (C=O) groups is 1. The number of carbonyl (C=O) groups excluding carboxylic acids is 1. The number of para-hydroxylation sites is 1. The highest BCUT2D eigenvalue weighted by atomic mass is 16.5. The van der Waals surface area contributed by atoms with Crippen molar-refractivity contribution in [2.45, 2.75) is 39.2 Å². The summed E-state index contributed by atoms with van der Waals surface area (Å²) in [6, 6.07) is 6.95. The highest BCUT2D eigenvalue weighted by Gasteiger charge is 2.07. The van der Waals surface area contributed by atoms with Crippen LogP contribution in [0.15, 0.2) is 33.9 Å². The van der Waals surface area contributed by atoms with Gasteiger partial charge in [-0.15, -0.1) is 0 Å². The van der Waals surface area contributed by atoms with Crippen LogP contribution in [0.1, 0.15) is 32.6 Å². The number of H-pyrrole nitrogens is 1. The van der Waals surface area contributed by atoms with Gasteiger partial charge >= 0.3 is 11.7 Å². The topological polar surface area (TPSA) is 81.2 Å². The lowest BCUT2D eigenvalue weighted by molar-refractivity contribution is -0.143. The quantitative estimate of drug-likeness (QED) is 0.625. The second kappa shape index (κ2) is 7.59. The molecule has 0 saturated heterocycles. The van der Waals surface area contributed by atoms with Gasteiger partial charge in [0.1, 0.15) is 0 Å². The molecule has 2 rings (SSSR count). The molecule has 1 aromatic carbocycles. The molecule has 6 heteroatoms. The Kier molecular flexibility index (Phi) is 5.52. The van der Waals surface area contributed by atoms with Crippen LogP contribution in [0.25, 0.3) is 10.9 Å². The third-order valence-electron chi connectivity index (χ3n) is 3.46. The average molecular weight is 304 g/mol. The van der Waals surface area contributed by atoms with Gasteiger partial charge in [-0.1, -0.05) is 18.6 Å². The number of aromatic nitrogens is 2. The van der Waals surface area contributed by atoms with Crippen molar-refractivity contribution in [2.75, 3.05) is 6.61 Å². The lowest BCUT2D eigenvalue weighted by Crippen LogP contribution is -2.35. The number of nitrogens with one attached hydrogen (secondary N) is 1. The van der Waals surface area contributed by atoms with Gasteiger partial charge in [0.15, 0.2) is 0 Å². The second-order valence-electron chi connectivity index (χ2n) is 5.05. The minimum atomic E-state index is -0.394. The molecule has 0 aliphatic rings. The summed E-state index contributed by atoms with van der Waals surface area (Å²) >= 11 is 0. The third kappa shape index (κ3) is 3.84. The van der Waals surface area contributed by atoms with E-state index in [0.29, 0.717) is 43.3 Å². The van der Waals surface area contributed by atoms with Crippen LogP contribution in [0.2, 0.25) is 0 Å². The molecular weight excluding hydrogens is 284 g/mol. The van der Waals surface area contributed by atoms with Crippen molar-refractivity contribution >= 4 is 16.9 Å². The summed E-state index contributed by atoms with van der Waals surface area (Å²) in [6.45, 7) is 2.51. The first kappa shape index (κ1) is 16.0. The molecule has 1 heterocycles. The summed E-state index contributed by atoms with van der Waals surface area (Å²) in [6.07, 6.45) is 2.49. The van der Waals surface area contributed by atoms with Gasteiger partial charge in [0, 0.05) is 13.0 Å². The summed E-state index contributed by atoms with van der Waals surface area (Å²) in [5.41, 5.74) is -0.116. The van der Waals surface area contributed by atoms with E-state index < -0.39 is 5.69 Å². The Morgan fingerprint density at radius 1 is 1.18 bits per heavy atom. The van der Waals surface area contributed by atoms with Gasteiger partial charge < -0.3 is 9.72 Å². The van der Waals surface area contributed by atoms with Crippen molar-refractivity contribution < 1.29 is 9.53 Å². The minimum absolute atomic E-state index is 0.205. The van der Waals surface area contributed by atoms with Crippen LogP contribution in [0.3, 0.4) is 0 Å². The van der Waals surface area contributed by atoms with Crippen molar-refractivity contribution in [3.05, 3.63) is 45.1 Å². The van der Waals surface area contributed by atoms with E-state index in [2.05, 4.69) is 4.98 Å². The summed E-state index contributed by atoms with van der Waals surface area (Å²) < 4.78 is 6.06. The van der Waals surface area contributed by atoms with E-state index in [-0.39, 0.29) is 11.5 Å². The first-order valence-corrected chi connectivity index (χ1v) is 7.51. The van der Waals surface area contributed by atoms with Crippen LogP contribution < -0.4 is 11.2 Å². The first-order valence-electron chi connectivity index (χ1n) is 7.51. The number of hydrogen-bond acceptors (Lipinski definition) is 4. The number of fused-ring (bicyclic) bond motifs is 1. The number of hydrogen-bond donors (Lipinski definition) is 1. The molecule has 0 spiro atoms. The third-order valence-corrected chi connectivity index (χ3v) is 3.46. The standard InChI is InChI=1S/C16H20N2O4/c1-2-22-14(19)10-4-3-7-11-18-15(20)12-8-5-6-9-13(12)17-16(18)21/h5-6,8-9H,2-4,7,10-11H2,1H3,(H,17,21). The Labute approximate surface area is 127 Å². The normalized spacial score (nSPS) is 10.8. The number of esters is 1. The molecule has 118 valence electrons. The molecule has 0 unspecified atom stereocenters. The van der Waals surface area contributed by atoms with Crippen molar-refractivity contribution in [3.8, 4) is 0 Å². The Morgan fingerprint density at radius 3 is 2.73 bits per heavy atom. The zero-order valence-electron chi connectivity index (χ0n) is 12.6. The van der Waals surface area contributed by atoms with Crippen molar-refractivity contribution in [2.24, 2.45) is 0 Å². The van der Waals surface area contributed by atoms with Crippen LogP contribution in [0.4, 0.5) is 0 Å². The fourth-order valence-corrected chi connectivity index (χ4v) is 2.35. The maximum atomic E-state index is 12.3. The highest BCUT2D eigenvalue weighted by molar-refractivity contribution is 5.76. The highest BCUT2D eigenvalue weighted by Crippen LogP contribution is 2.05. The van der Waals surface area contributed by atoms with Crippen molar-refractivity contribution in [1.29, 1.82) is 0 Å². The average Bonchev–Trinajstić information content (AvgIpc) is 2.50. The van der Waals surface area contributed by atoms with E-state index in [9.17, 15) is 14.4 Å². The van der Waals surface area contributed by atoms with Crippen molar-refractivity contribution in [1.82, 2.24) is 9.55 Å². The van der Waals surface area contributed by atoms with Gasteiger partial charge in [0.25, 0.3) is 5.56 Å². The Morgan fingerprint density at radius 2 is 1.95 bits per heavy atom. The van der Waals surface area contributed by atoms with Gasteiger partial charge in [-0.2, -0.15) is 0 Å². The predicted molar refractivity (Wildman–Crippen MR) is 83.9 cm³/mol. The molecule has 0 atom stereocenters. The zero-order valence-corrected chi connectivity index (χ0v) is 12.6. The predicted octanol–water partition coefficient (Wildman–Crippen LogP) is 1.81. The second-order valence-corrected chi connectivity index (χ2v) is 5.05. The van der Waals surface area contributed by atoms with Crippen molar-refractivity contribution in [3.63, 3.8) is 0 Å². The number of nitrogens with zero attached hydrogens (tertiary/aromatic N) is 1. The smallest absolute Gasteiger partial charge is 0.328 e. The first-order chi connectivity index (χ1) is 10.6. The molecule has 1 aromatic heterocycles. The number of aromatic amines is 1. The SMILES string of the molecule is CCOC(=O)CCCCCn1c(=O)[nH]c2ccccc2c1=O. The molecule has 0 radical (unpaired) electrons. The molecule has 0 aliphatic heterocycles. The summed E-state index contributed by atoms with van der Waals surface area (Å²) in [7, 11) is 0. The van der Waals surface area contributed by atoms with Gasteiger partial charge in [0.05, 0.1) is 17.5 Å². The molecule has 2 aromatic rings. The molecule has 0 aliphatic carbocycles. The maximum absolute atomic E-state index is 12.3. The summed E-state index contributed by atoms with van der Waals surface area (Å²) in [5, 5.41) is 0.508. The van der Waals surface area contributed by atoms with Crippen LogP contribution in [0, 0.1) is 0 Å². The minimum Gasteiger partial charge on any atom is -0.466 e. The Hall–Kier alpha value is -2.37. The summed E-state index contributed by atoms with van der Waals surface area (Å²) in [5.74, 6) is -0.205. The monoisotopic (exact) mass is 304 g/mol. The van der Waals surface area contributed by atoms with E-state index in [4.69, 9.17) is 4.74 Å². The molecule has 1 N–H and O–H groups in total. The number of rotatable bonds is 7. The molecule has 0 saturated carbocycles. The Balaban J connectivity index is 1.96. The largest absolute Gasteiger partial charge is 0.466 e. The molecule has 6 nitrogen and oxygen atoms in total. The lowest BCUT2D eigenvalue weighted by atomic mass is 10.2. The lowest BCUT2D eigenvalue weighted by Gasteiger charge is -2.06. The van der Waals surface area contributed by atoms with E-state index in [1.54, 1.807) is 31.2 Å². The zero-order chi connectivity index (χ0) is 15.9. The summed E-state index contributed by atoms with van der Waals surface area (Å²) in [4.78, 5) is 38.1. The van der Waals surface area contributed by atoms with Gasteiger partial charge in [-0.25, -0.2) is 4.79 Å². The van der Waals surface area contributed by atoms with Crippen LogP contribution in [0.5, 0.6) is 0 Å². The van der Waals surface area contributed by atoms with Crippen LogP contribution >= 0.6 is 0 Å². The molecule has 0 bridgehead atoms.